The molecule has 0 spiro atoms. The summed E-state index contributed by atoms with van der Waals surface area (Å²) in [6, 6.07) is 47.3. The van der Waals surface area contributed by atoms with E-state index in [1.54, 1.807) is 16.7 Å². The Hall–Kier alpha value is -5.60. The second kappa shape index (κ2) is 13.3. The average Bonchev–Trinajstić information content (AvgIpc) is 3.66. The Balaban J connectivity index is 1.02. The summed E-state index contributed by atoms with van der Waals surface area (Å²) in [5, 5.41) is 2.63. The second-order valence-electron chi connectivity index (χ2n) is 17.0. The maximum atomic E-state index is 2.70. The van der Waals surface area contributed by atoms with Gasteiger partial charge in [-0.1, -0.05) is 148 Å². The van der Waals surface area contributed by atoms with E-state index >= 15 is 0 Å². The summed E-state index contributed by atoms with van der Waals surface area (Å²) in [6.45, 7) is 9.73. The van der Waals surface area contributed by atoms with E-state index in [1.165, 1.54) is 67.6 Å². The molecule has 4 atom stereocenters. The van der Waals surface area contributed by atoms with Gasteiger partial charge in [0, 0.05) is 45.2 Å². The van der Waals surface area contributed by atoms with Crippen molar-refractivity contribution >= 4 is 33.1 Å². The van der Waals surface area contributed by atoms with E-state index in [4.69, 9.17) is 0 Å². The van der Waals surface area contributed by atoms with Crippen molar-refractivity contribution in [2.24, 2.45) is 23.2 Å². The van der Waals surface area contributed by atoms with E-state index in [0.29, 0.717) is 23.8 Å². The number of nitrogens with zero attached hydrogens (tertiary/aromatic N) is 2. The minimum Gasteiger partial charge on any atom is -0.338 e. The van der Waals surface area contributed by atoms with Gasteiger partial charge in [-0.15, -0.1) is 0 Å². The zero-order valence-electron chi connectivity index (χ0n) is 32.5. The molecule has 0 aliphatic heterocycles. The van der Waals surface area contributed by atoms with Crippen LogP contribution in [0, 0.1) is 23.2 Å². The highest BCUT2D eigenvalue weighted by atomic mass is 15.2. The summed E-state index contributed by atoms with van der Waals surface area (Å²) in [5.74, 6) is 1.56. The predicted octanol–water partition coefficient (Wildman–Crippen LogP) is 13.9. The van der Waals surface area contributed by atoms with Crippen LogP contribution in [-0.4, -0.2) is 10.6 Å². The molecular formula is C53H50N2. The van der Waals surface area contributed by atoms with Gasteiger partial charge in [0.05, 0.1) is 11.0 Å². The van der Waals surface area contributed by atoms with E-state index < -0.39 is 0 Å². The van der Waals surface area contributed by atoms with Crippen LogP contribution in [0.25, 0.3) is 44.2 Å². The molecule has 0 fully saturated rings. The molecule has 10 rings (SSSR count). The van der Waals surface area contributed by atoms with Crippen LogP contribution in [0.3, 0.4) is 0 Å². The summed E-state index contributed by atoms with van der Waals surface area (Å²) >= 11 is 0. The van der Waals surface area contributed by atoms with Gasteiger partial charge in [0.15, 0.2) is 0 Å². The van der Waals surface area contributed by atoms with Gasteiger partial charge < -0.3 is 9.47 Å². The number of fused-ring (bicyclic) bond motifs is 5. The van der Waals surface area contributed by atoms with Crippen LogP contribution in [0.4, 0.5) is 5.69 Å². The first-order chi connectivity index (χ1) is 26.8. The van der Waals surface area contributed by atoms with Crippen molar-refractivity contribution in [3.63, 3.8) is 0 Å². The Morgan fingerprint density at radius 2 is 1.36 bits per heavy atom. The molecule has 5 aromatic carbocycles. The molecule has 0 saturated carbocycles. The van der Waals surface area contributed by atoms with E-state index in [-0.39, 0.29) is 5.41 Å². The number of hydrogen-bond acceptors (Lipinski definition) is 1. The van der Waals surface area contributed by atoms with Gasteiger partial charge in [-0.2, -0.15) is 0 Å². The van der Waals surface area contributed by atoms with E-state index in [0.717, 1.165) is 19.3 Å². The first kappa shape index (κ1) is 33.9. The third-order valence-corrected chi connectivity index (χ3v) is 13.2. The van der Waals surface area contributed by atoms with Gasteiger partial charge in [-0.3, -0.25) is 0 Å². The molecule has 4 aliphatic rings. The molecule has 6 aromatic rings. The molecule has 0 bridgehead atoms. The van der Waals surface area contributed by atoms with Crippen LogP contribution in [0.5, 0.6) is 0 Å². The number of benzene rings is 5. The molecule has 0 saturated heterocycles. The Bertz CT molecular complexity index is 2590. The van der Waals surface area contributed by atoms with E-state index in [2.05, 4.69) is 195 Å². The fraction of sp³-hybridized carbons (Fsp3) is 0.245. The smallest absolute Gasteiger partial charge is 0.0541 e. The van der Waals surface area contributed by atoms with Crippen LogP contribution in [0.1, 0.15) is 58.9 Å². The van der Waals surface area contributed by atoms with Gasteiger partial charge in [0.2, 0.25) is 0 Å². The van der Waals surface area contributed by atoms with Crippen LogP contribution in [0.2, 0.25) is 0 Å². The largest absolute Gasteiger partial charge is 0.338 e. The maximum absolute atomic E-state index is 2.70. The number of allylic oxidation sites excluding steroid dienone is 8. The summed E-state index contributed by atoms with van der Waals surface area (Å²) in [4.78, 5) is 2.70. The molecule has 55 heavy (non-hydrogen) atoms. The molecule has 272 valence electrons. The molecule has 0 radical (unpaired) electrons. The highest BCUT2D eigenvalue weighted by molar-refractivity contribution is 6.10. The lowest BCUT2D eigenvalue weighted by molar-refractivity contribution is 0.497. The molecular weight excluding hydrogens is 665 g/mol. The second-order valence-corrected chi connectivity index (χ2v) is 17.0. The molecule has 2 nitrogen and oxygen atoms in total. The first-order valence-electron chi connectivity index (χ1n) is 20.4. The highest BCUT2D eigenvalue weighted by Gasteiger charge is 2.45. The molecule has 0 amide bonds. The van der Waals surface area contributed by atoms with Crippen molar-refractivity contribution in [3.8, 4) is 16.8 Å². The van der Waals surface area contributed by atoms with Crippen LogP contribution in [0.15, 0.2) is 180 Å². The molecule has 0 N–H and O–H groups in total. The van der Waals surface area contributed by atoms with Gasteiger partial charge in [0.1, 0.15) is 0 Å². The summed E-state index contributed by atoms with van der Waals surface area (Å²) in [5.41, 5.74) is 16.6. The SMILES string of the molecule is CC1C=CC2=C(C1)C1CC=C(N(c3ccc(-c4ccccc4)cc3)C3CC=C(c4ccc5c(c4)c4ccccc4n5-c4ccccc4)C(C)C3)C=C1C2(C)C. The van der Waals surface area contributed by atoms with Gasteiger partial charge in [-0.25, -0.2) is 0 Å². The number of anilines is 1. The van der Waals surface area contributed by atoms with Crippen molar-refractivity contribution in [2.75, 3.05) is 4.90 Å². The lowest BCUT2D eigenvalue weighted by Crippen LogP contribution is -2.38. The van der Waals surface area contributed by atoms with Gasteiger partial charge in [0.25, 0.3) is 0 Å². The Labute approximate surface area is 326 Å². The minimum atomic E-state index is 0.0498. The van der Waals surface area contributed by atoms with Gasteiger partial charge in [-0.05, 0) is 114 Å². The lowest BCUT2D eigenvalue weighted by Gasteiger charge is -2.41. The maximum Gasteiger partial charge on any atom is 0.0541 e. The summed E-state index contributed by atoms with van der Waals surface area (Å²) < 4.78 is 2.41. The van der Waals surface area contributed by atoms with Crippen LogP contribution >= 0.6 is 0 Å². The van der Waals surface area contributed by atoms with Crippen LogP contribution in [-0.2, 0) is 0 Å². The Morgan fingerprint density at radius 1 is 0.673 bits per heavy atom. The average molecular weight is 715 g/mol. The van der Waals surface area contributed by atoms with E-state index in [9.17, 15) is 0 Å². The monoisotopic (exact) mass is 714 g/mol. The molecule has 4 aliphatic carbocycles. The highest BCUT2D eigenvalue weighted by Crippen LogP contribution is 2.57. The van der Waals surface area contributed by atoms with Crippen molar-refractivity contribution in [2.45, 2.75) is 59.4 Å². The first-order valence-corrected chi connectivity index (χ1v) is 20.4. The lowest BCUT2D eigenvalue weighted by atomic mass is 9.76. The summed E-state index contributed by atoms with van der Waals surface area (Å²) in [6.07, 6.45) is 17.0. The van der Waals surface area contributed by atoms with Crippen LogP contribution < -0.4 is 4.90 Å². The Kier molecular flexibility index (Phi) is 8.21. The van der Waals surface area contributed by atoms with Crippen molar-refractivity contribution in [1.29, 1.82) is 0 Å². The van der Waals surface area contributed by atoms with Crippen molar-refractivity contribution < 1.29 is 0 Å². The molecule has 4 unspecified atom stereocenters. The third-order valence-electron chi connectivity index (χ3n) is 13.2. The minimum absolute atomic E-state index is 0.0498. The van der Waals surface area contributed by atoms with Crippen molar-refractivity contribution in [1.82, 2.24) is 4.57 Å². The molecule has 1 heterocycles. The molecule has 2 heteroatoms. The van der Waals surface area contributed by atoms with E-state index in [1.807, 2.05) is 0 Å². The van der Waals surface area contributed by atoms with Crippen molar-refractivity contribution in [3.05, 3.63) is 186 Å². The van der Waals surface area contributed by atoms with Gasteiger partial charge >= 0.3 is 0 Å². The number of rotatable bonds is 6. The topological polar surface area (TPSA) is 8.17 Å². The predicted molar refractivity (Wildman–Crippen MR) is 233 cm³/mol. The normalized spacial score (nSPS) is 22.9. The quantitative estimate of drug-likeness (QED) is 0.167. The fourth-order valence-electron chi connectivity index (χ4n) is 10.5. The summed E-state index contributed by atoms with van der Waals surface area (Å²) in [7, 11) is 0. The molecule has 1 aromatic heterocycles. The zero-order valence-corrected chi connectivity index (χ0v) is 32.5. The zero-order chi connectivity index (χ0) is 37.3. The standard InChI is InChI=1S/C53H50N2/c1-35-19-29-49-47(31-35)45-28-26-43(34-50(45)53(49,3)4)54(41-23-20-38(21-24-41)37-13-7-5-8-14-37)42-25-27-44(36(2)32-42)39-22-30-52-48(33-39)46-17-11-12-18-51(46)55(52)40-15-9-6-10-16-40/h5-24,26-27,29-30,33-36,42,45H,25,28,31-32H2,1-4H3. The third kappa shape index (κ3) is 5.68. The fourth-order valence-corrected chi connectivity index (χ4v) is 10.5. The number of aromatic nitrogens is 1. The number of hydrogen-bond donors (Lipinski definition) is 0. The Morgan fingerprint density at radius 3 is 2.15 bits per heavy atom. The number of para-hydroxylation sites is 2.